The number of carboxylic acid groups (broad SMARTS) is 1. The molecule has 0 aromatic carbocycles. The van der Waals surface area contributed by atoms with Gasteiger partial charge in [-0.05, 0) is 44.9 Å². The summed E-state index contributed by atoms with van der Waals surface area (Å²) in [6.45, 7) is 4.50. The van der Waals surface area contributed by atoms with Gasteiger partial charge in [-0.2, -0.15) is 0 Å². The highest BCUT2D eigenvalue weighted by Gasteiger charge is 1.97. The van der Waals surface area contributed by atoms with Crippen molar-refractivity contribution in [1.29, 1.82) is 0 Å². The number of hydrogen-bond donors (Lipinski definition) is 1. The summed E-state index contributed by atoms with van der Waals surface area (Å²) < 4.78 is 0. The molecule has 0 rings (SSSR count). The van der Waals surface area contributed by atoms with Gasteiger partial charge in [0.05, 0.1) is 0 Å². The molecule has 0 aromatic heterocycles. The Morgan fingerprint density at radius 1 is 0.857 bits per heavy atom. The predicted molar refractivity (Wildman–Crippen MR) is 91.6 cm³/mol. The van der Waals surface area contributed by atoms with E-state index in [-0.39, 0.29) is 0 Å². The van der Waals surface area contributed by atoms with Crippen molar-refractivity contribution in [2.24, 2.45) is 0 Å². The molecule has 0 aliphatic rings. The van der Waals surface area contributed by atoms with Crippen LogP contribution in [-0.2, 0) is 4.79 Å². The van der Waals surface area contributed by atoms with Crippen molar-refractivity contribution >= 4 is 5.97 Å². The number of carbonyl (C=O) groups is 1. The Bertz CT molecular complexity index is 291. The van der Waals surface area contributed by atoms with Crippen molar-refractivity contribution in [3.63, 3.8) is 0 Å². The van der Waals surface area contributed by atoms with Gasteiger partial charge in [-0.1, -0.05) is 63.3 Å². The van der Waals surface area contributed by atoms with Gasteiger partial charge in [0, 0.05) is 6.42 Å². The average molecular weight is 294 g/mol. The third-order valence-electron chi connectivity index (χ3n) is 3.68. The van der Waals surface area contributed by atoms with E-state index in [1.54, 1.807) is 5.57 Å². The van der Waals surface area contributed by atoms with Crippen molar-refractivity contribution in [3.8, 4) is 0 Å². The van der Waals surface area contributed by atoms with Gasteiger partial charge in [0.15, 0.2) is 0 Å². The van der Waals surface area contributed by atoms with Crippen LogP contribution < -0.4 is 0 Å². The molecule has 0 aliphatic carbocycles. The molecule has 122 valence electrons. The summed E-state index contributed by atoms with van der Waals surface area (Å²) in [5.41, 5.74) is 1.58. The Morgan fingerprint density at radius 2 is 1.43 bits per heavy atom. The summed E-state index contributed by atoms with van der Waals surface area (Å²) in [6, 6.07) is 0. The maximum atomic E-state index is 10.4. The Kier molecular flexibility index (Phi) is 14.6. The molecule has 0 saturated heterocycles. The second-order valence-corrected chi connectivity index (χ2v) is 5.81. The van der Waals surface area contributed by atoms with Crippen LogP contribution in [0.25, 0.3) is 0 Å². The number of rotatable bonds is 14. The van der Waals surface area contributed by atoms with E-state index >= 15 is 0 Å². The van der Waals surface area contributed by atoms with Crippen LogP contribution >= 0.6 is 0 Å². The van der Waals surface area contributed by atoms with E-state index in [4.69, 9.17) is 5.11 Å². The fraction of sp³-hybridized carbons (Fsp3) is 0.737. The molecule has 2 heteroatoms. The van der Waals surface area contributed by atoms with Gasteiger partial charge >= 0.3 is 5.97 Å². The lowest BCUT2D eigenvalue weighted by Crippen LogP contribution is -1.92. The predicted octanol–water partition coefficient (Wildman–Crippen LogP) is 6.27. The lowest BCUT2D eigenvalue weighted by atomic mass is 10.0. The Morgan fingerprint density at radius 3 is 1.95 bits per heavy atom. The normalized spacial score (nSPS) is 11.0. The summed E-state index contributed by atoms with van der Waals surface area (Å²) in [7, 11) is 0. The minimum atomic E-state index is -0.687. The molecular formula is C19H34O2. The SMILES string of the molecule is CCCCCC(=C/C=C/CCCCC(=O)O)CCCCC. The molecule has 0 heterocycles. The molecule has 0 unspecified atom stereocenters. The minimum Gasteiger partial charge on any atom is -0.481 e. The van der Waals surface area contributed by atoms with Gasteiger partial charge < -0.3 is 5.11 Å². The topological polar surface area (TPSA) is 37.3 Å². The van der Waals surface area contributed by atoms with E-state index in [1.807, 2.05) is 0 Å². The monoisotopic (exact) mass is 294 g/mol. The average Bonchev–Trinajstić information content (AvgIpc) is 2.45. The lowest BCUT2D eigenvalue weighted by molar-refractivity contribution is -0.137. The van der Waals surface area contributed by atoms with E-state index in [0.717, 1.165) is 19.3 Å². The van der Waals surface area contributed by atoms with E-state index in [2.05, 4.69) is 32.1 Å². The first kappa shape index (κ1) is 19.9. The van der Waals surface area contributed by atoms with E-state index in [9.17, 15) is 4.79 Å². The summed E-state index contributed by atoms with van der Waals surface area (Å²) in [5, 5.41) is 8.57. The molecule has 0 atom stereocenters. The number of carboxylic acids is 1. The first-order chi connectivity index (χ1) is 10.2. The van der Waals surface area contributed by atoms with Crippen LogP contribution in [-0.4, -0.2) is 11.1 Å². The molecule has 0 aromatic rings. The molecule has 0 saturated carbocycles. The van der Waals surface area contributed by atoms with Crippen LogP contribution in [0.15, 0.2) is 23.8 Å². The molecule has 0 radical (unpaired) electrons. The van der Waals surface area contributed by atoms with Crippen LogP contribution in [0.4, 0.5) is 0 Å². The lowest BCUT2D eigenvalue weighted by Gasteiger charge is -2.06. The van der Waals surface area contributed by atoms with Crippen LogP contribution in [0, 0.1) is 0 Å². The van der Waals surface area contributed by atoms with Gasteiger partial charge in [-0.15, -0.1) is 0 Å². The van der Waals surface area contributed by atoms with Gasteiger partial charge in [-0.3, -0.25) is 4.79 Å². The largest absolute Gasteiger partial charge is 0.481 e. The molecule has 0 spiro atoms. The summed E-state index contributed by atoms with van der Waals surface area (Å²) in [4.78, 5) is 10.4. The molecule has 1 N–H and O–H groups in total. The van der Waals surface area contributed by atoms with Crippen LogP contribution in [0.1, 0.15) is 90.9 Å². The van der Waals surface area contributed by atoms with E-state index in [0.29, 0.717) is 6.42 Å². The summed E-state index contributed by atoms with van der Waals surface area (Å²) in [5.74, 6) is -0.687. The zero-order chi connectivity index (χ0) is 15.8. The van der Waals surface area contributed by atoms with Crippen LogP contribution in [0.3, 0.4) is 0 Å². The zero-order valence-corrected chi connectivity index (χ0v) is 14.1. The number of allylic oxidation sites excluding steroid dienone is 4. The third kappa shape index (κ3) is 15.2. The maximum Gasteiger partial charge on any atom is 0.303 e. The molecule has 0 aliphatic heterocycles. The minimum absolute atomic E-state index is 0.295. The van der Waals surface area contributed by atoms with Gasteiger partial charge in [0.25, 0.3) is 0 Å². The second-order valence-electron chi connectivity index (χ2n) is 5.81. The highest BCUT2D eigenvalue weighted by molar-refractivity contribution is 5.66. The quantitative estimate of drug-likeness (QED) is 0.302. The van der Waals surface area contributed by atoms with Gasteiger partial charge in [-0.25, -0.2) is 0 Å². The molecule has 0 bridgehead atoms. The molecule has 21 heavy (non-hydrogen) atoms. The summed E-state index contributed by atoms with van der Waals surface area (Å²) in [6.07, 6.45) is 20.0. The van der Waals surface area contributed by atoms with Crippen molar-refractivity contribution in [2.75, 3.05) is 0 Å². The highest BCUT2D eigenvalue weighted by Crippen LogP contribution is 2.17. The third-order valence-corrected chi connectivity index (χ3v) is 3.68. The molecule has 0 amide bonds. The molecular weight excluding hydrogens is 260 g/mol. The second kappa shape index (κ2) is 15.3. The van der Waals surface area contributed by atoms with Crippen molar-refractivity contribution in [3.05, 3.63) is 23.8 Å². The fourth-order valence-electron chi connectivity index (χ4n) is 2.33. The van der Waals surface area contributed by atoms with E-state index in [1.165, 1.54) is 51.4 Å². The number of hydrogen-bond acceptors (Lipinski definition) is 1. The number of aliphatic carboxylic acids is 1. The Labute approximate surface area is 131 Å². The first-order valence-corrected chi connectivity index (χ1v) is 8.77. The molecule has 2 nitrogen and oxygen atoms in total. The van der Waals surface area contributed by atoms with Crippen molar-refractivity contribution in [1.82, 2.24) is 0 Å². The van der Waals surface area contributed by atoms with E-state index < -0.39 is 5.97 Å². The van der Waals surface area contributed by atoms with Gasteiger partial charge in [0.2, 0.25) is 0 Å². The number of unbranched alkanes of at least 4 members (excludes halogenated alkanes) is 6. The highest BCUT2D eigenvalue weighted by atomic mass is 16.4. The fourth-order valence-corrected chi connectivity index (χ4v) is 2.33. The zero-order valence-electron chi connectivity index (χ0n) is 14.1. The van der Waals surface area contributed by atoms with Crippen molar-refractivity contribution < 1.29 is 9.90 Å². The molecule has 0 fully saturated rings. The summed E-state index contributed by atoms with van der Waals surface area (Å²) >= 11 is 0. The first-order valence-electron chi connectivity index (χ1n) is 8.77. The van der Waals surface area contributed by atoms with Crippen LogP contribution in [0.5, 0.6) is 0 Å². The standard InChI is InChI=1S/C19H34O2/c1-3-5-10-14-18(15-11-6-4-2)16-12-8-7-9-13-17-19(20)21/h8,12,16H,3-7,9-11,13-15,17H2,1-2H3,(H,20,21)/b12-8+. The Hall–Kier alpha value is -1.05. The van der Waals surface area contributed by atoms with Gasteiger partial charge in [0.1, 0.15) is 0 Å². The maximum absolute atomic E-state index is 10.4. The van der Waals surface area contributed by atoms with Crippen LogP contribution in [0.2, 0.25) is 0 Å². The smallest absolute Gasteiger partial charge is 0.303 e. The van der Waals surface area contributed by atoms with Crippen molar-refractivity contribution in [2.45, 2.75) is 90.9 Å². The Balaban J connectivity index is 3.98.